The monoisotopic (exact) mass is 197 g/mol. The largest absolute Gasteiger partial charge is 0.476 e. The molecule has 0 saturated carbocycles. The number of hydrogen-bond donors (Lipinski definition) is 0. The van der Waals surface area contributed by atoms with Gasteiger partial charge in [0.25, 0.3) is 5.88 Å². The van der Waals surface area contributed by atoms with Crippen molar-refractivity contribution >= 4 is 0 Å². The van der Waals surface area contributed by atoms with E-state index in [2.05, 4.69) is 12.1 Å². The number of nitrogens with zero attached hydrogens (tertiary/aromatic N) is 1. The summed E-state index contributed by atoms with van der Waals surface area (Å²) in [5.74, 6) is 1.41. The highest BCUT2D eigenvalue weighted by Crippen LogP contribution is 2.10. The van der Waals surface area contributed by atoms with Crippen LogP contribution in [0.25, 0.3) is 0 Å². The number of ether oxygens (including phenoxy) is 1. The summed E-state index contributed by atoms with van der Waals surface area (Å²) in [6.45, 7) is 4.82. The normalized spacial score (nSPS) is 10.4. The van der Waals surface area contributed by atoms with Crippen LogP contribution in [-0.2, 0) is 0 Å². The molecule has 1 heterocycles. The van der Waals surface area contributed by atoms with Crippen LogP contribution in [0.1, 0.15) is 44.8 Å². The van der Waals surface area contributed by atoms with Crippen LogP contribution < -0.4 is 4.74 Å². The minimum absolute atomic E-state index is 0.609. The highest BCUT2D eigenvalue weighted by atomic mass is 16.5. The molecule has 14 heavy (non-hydrogen) atoms. The molecule has 0 aromatic carbocycles. The van der Waals surface area contributed by atoms with E-state index < -0.39 is 0 Å². The molecular formula is C11H19NO2. The van der Waals surface area contributed by atoms with Crippen molar-refractivity contribution in [3.05, 3.63) is 11.8 Å². The summed E-state index contributed by atoms with van der Waals surface area (Å²) < 4.78 is 10.3. The van der Waals surface area contributed by atoms with Crippen molar-refractivity contribution in [3.8, 4) is 5.88 Å². The molecule has 0 unspecified atom stereocenters. The molecule has 0 N–H and O–H groups in total. The summed E-state index contributed by atoms with van der Waals surface area (Å²) >= 11 is 0. The van der Waals surface area contributed by atoms with Gasteiger partial charge in [-0.3, -0.25) is 0 Å². The van der Waals surface area contributed by atoms with Crippen LogP contribution in [0.3, 0.4) is 0 Å². The van der Waals surface area contributed by atoms with Gasteiger partial charge in [0, 0.05) is 6.07 Å². The number of unbranched alkanes of at least 4 members (excludes halogenated alkanes) is 4. The Morgan fingerprint density at radius 2 is 2.07 bits per heavy atom. The number of aryl methyl sites for hydroxylation is 1. The Bertz CT molecular complexity index is 245. The van der Waals surface area contributed by atoms with E-state index in [1.54, 1.807) is 0 Å². The van der Waals surface area contributed by atoms with E-state index in [0.717, 1.165) is 18.8 Å². The lowest BCUT2D eigenvalue weighted by molar-refractivity contribution is 0.268. The first-order valence-corrected chi connectivity index (χ1v) is 5.39. The molecule has 0 aliphatic heterocycles. The average Bonchev–Trinajstić information content (AvgIpc) is 2.58. The molecule has 0 aliphatic carbocycles. The van der Waals surface area contributed by atoms with E-state index in [4.69, 9.17) is 9.26 Å². The number of hydrogen-bond acceptors (Lipinski definition) is 3. The lowest BCUT2D eigenvalue weighted by Crippen LogP contribution is -1.97. The van der Waals surface area contributed by atoms with Gasteiger partial charge in [0.2, 0.25) is 0 Å². The van der Waals surface area contributed by atoms with E-state index >= 15 is 0 Å². The Kier molecular flexibility index (Phi) is 5.12. The van der Waals surface area contributed by atoms with Crippen LogP contribution in [0.15, 0.2) is 10.6 Å². The molecule has 0 aliphatic rings. The van der Waals surface area contributed by atoms with Crippen LogP contribution in [0, 0.1) is 6.92 Å². The van der Waals surface area contributed by atoms with Crippen molar-refractivity contribution in [2.45, 2.75) is 46.0 Å². The minimum Gasteiger partial charge on any atom is -0.476 e. The van der Waals surface area contributed by atoms with Crippen molar-refractivity contribution in [3.63, 3.8) is 0 Å². The second kappa shape index (κ2) is 6.46. The average molecular weight is 197 g/mol. The summed E-state index contributed by atoms with van der Waals surface area (Å²) in [7, 11) is 0. The summed E-state index contributed by atoms with van der Waals surface area (Å²) in [4.78, 5) is 0. The van der Waals surface area contributed by atoms with E-state index in [1.807, 2.05) is 13.0 Å². The van der Waals surface area contributed by atoms with Gasteiger partial charge in [-0.05, 0) is 18.5 Å². The Balaban J connectivity index is 1.99. The van der Waals surface area contributed by atoms with Gasteiger partial charge in [-0.15, -0.1) is 0 Å². The molecule has 0 bridgehead atoms. The van der Waals surface area contributed by atoms with Crippen LogP contribution in [0.5, 0.6) is 5.88 Å². The molecule has 0 fully saturated rings. The third kappa shape index (κ3) is 4.30. The van der Waals surface area contributed by atoms with Crippen LogP contribution in [-0.4, -0.2) is 11.8 Å². The first-order valence-electron chi connectivity index (χ1n) is 5.39. The fourth-order valence-corrected chi connectivity index (χ4v) is 1.29. The molecule has 1 aromatic heterocycles. The maximum absolute atomic E-state index is 5.40. The van der Waals surface area contributed by atoms with Gasteiger partial charge in [0.05, 0.1) is 6.61 Å². The van der Waals surface area contributed by atoms with E-state index in [9.17, 15) is 0 Å². The minimum atomic E-state index is 0.609. The standard InChI is InChI=1S/C11H19NO2/c1-3-4-5-6-7-8-13-11-9-10(2)14-12-11/h9H,3-8H2,1-2H3. The van der Waals surface area contributed by atoms with Crippen molar-refractivity contribution in [1.82, 2.24) is 5.16 Å². The quantitative estimate of drug-likeness (QED) is 0.629. The highest BCUT2D eigenvalue weighted by Gasteiger charge is 1.99. The van der Waals surface area contributed by atoms with E-state index in [-0.39, 0.29) is 0 Å². The molecule has 0 spiro atoms. The smallest absolute Gasteiger partial charge is 0.254 e. The van der Waals surface area contributed by atoms with Crippen molar-refractivity contribution in [2.24, 2.45) is 0 Å². The number of rotatable bonds is 7. The summed E-state index contributed by atoms with van der Waals surface area (Å²) in [5.41, 5.74) is 0. The van der Waals surface area contributed by atoms with E-state index in [1.165, 1.54) is 25.7 Å². The Morgan fingerprint density at radius 1 is 1.29 bits per heavy atom. The van der Waals surface area contributed by atoms with Crippen molar-refractivity contribution < 1.29 is 9.26 Å². The van der Waals surface area contributed by atoms with Gasteiger partial charge in [-0.1, -0.05) is 32.6 Å². The second-order valence-corrected chi connectivity index (χ2v) is 3.54. The van der Waals surface area contributed by atoms with Crippen molar-refractivity contribution in [1.29, 1.82) is 0 Å². The second-order valence-electron chi connectivity index (χ2n) is 3.54. The predicted octanol–water partition coefficient (Wildman–Crippen LogP) is 3.33. The summed E-state index contributed by atoms with van der Waals surface area (Å²) in [6.07, 6.45) is 6.25. The van der Waals surface area contributed by atoms with Gasteiger partial charge in [-0.2, -0.15) is 0 Å². The topological polar surface area (TPSA) is 35.3 Å². The zero-order chi connectivity index (χ0) is 10.2. The van der Waals surface area contributed by atoms with Gasteiger partial charge < -0.3 is 9.26 Å². The van der Waals surface area contributed by atoms with Crippen molar-refractivity contribution in [2.75, 3.05) is 6.61 Å². The fraction of sp³-hybridized carbons (Fsp3) is 0.727. The SMILES string of the molecule is CCCCCCCOc1cc(C)on1. The first kappa shape index (κ1) is 11.1. The zero-order valence-corrected chi connectivity index (χ0v) is 9.08. The van der Waals surface area contributed by atoms with Gasteiger partial charge >= 0.3 is 0 Å². The zero-order valence-electron chi connectivity index (χ0n) is 9.08. The third-order valence-corrected chi connectivity index (χ3v) is 2.10. The first-order chi connectivity index (χ1) is 6.83. The summed E-state index contributed by atoms with van der Waals surface area (Å²) in [5, 5.41) is 3.75. The lowest BCUT2D eigenvalue weighted by Gasteiger charge is -2.01. The molecule has 0 radical (unpaired) electrons. The Morgan fingerprint density at radius 3 is 2.71 bits per heavy atom. The Labute approximate surface area is 85.4 Å². The van der Waals surface area contributed by atoms with Crippen LogP contribution in [0.2, 0.25) is 0 Å². The number of aromatic nitrogens is 1. The molecule has 1 rings (SSSR count). The molecule has 1 aromatic rings. The molecule has 0 saturated heterocycles. The maximum Gasteiger partial charge on any atom is 0.254 e. The predicted molar refractivity (Wildman–Crippen MR) is 55.5 cm³/mol. The van der Waals surface area contributed by atoms with Crippen LogP contribution >= 0.6 is 0 Å². The fourth-order valence-electron chi connectivity index (χ4n) is 1.29. The molecule has 80 valence electrons. The molecule has 3 nitrogen and oxygen atoms in total. The van der Waals surface area contributed by atoms with Gasteiger partial charge in [0.15, 0.2) is 0 Å². The third-order valence-electron chi connectivity index (χ3n) is 2.10. The summed E-state index contributed by atoms with van der Waals surface area (Å²) in [6, 6.07) is 1.81. The Hall–Kier alpha value is -0.990. The highest BCUT2D eigenvalue weighted by molar-refractivity contribution is 5.09. The molecular weight excluding hydrogens is 178 g/mol. The maximum atomic E-state index is 5.40. The molecule has 0 atom stereocenters. The molecule has 0 amide bonds. The lowest BCUT2D eigenvalue weighted by atomic mass is 10.2. The van der Waals surface area contributed by atoms with E-state index in [0.29, 0.717) is 5.88 Å². The van der Waals surface area contributed by atoms with Crippen LogP contribution in [0.4, 0.5) is 0 Å². The van der Waals surface area contributed by atoms with Gasteiger partial charge in [0.1, 0.15) is 5.76 Å². The van der Waals surface area contributed by atoms with Gasteiger partial charge in [-0.25, -0.2) is 0 Å². The molecule has 3 heteroatoms.